The quantitative estimate of drug-likeness (QED) is 0.813. The topological polar surface area (TPSA) is 89.0 Å². The largest absolute Gasteiger partial charge is 0.339 e. The van der Waals surface area contributed by atoms with E-state index in [1.54, 1.807) is 18.2 Å². The highest BCUT2D eigenvalue weighted by molar-refractivity contribution is 7.91. The van der Waals surface area contributed by atoms with Gasteiger partial charge in [-0.1, -0.05) is 6.07 Å². The molecule has 0 amide bonds. The van der Waals surface area contributed by atoms with Gasteiger partial charge >= 0.3 is 0 Å². The van der Waals surface area contributed by atoms with Crippen molar-refractivity contribution in [2.24, 2.45) is 0 Å². The van der Waals surface area contributed by atoms with Crippen LogP contribution in [0.1, 0.15) is 11.3 Å². The number of sulfone groups is 1. The van der Waals surface area contributed by atoms with Gasteiger partial charge in [-0.25, -0.2) is 13.4 Å². The average molecular weight is 370 g/mol. The minimum atomic E-state index is -3.21. The molecule has 0 unspecified atom stereocenters. The summed E-state index contributed by atoms with van der Waals surface area (Å²) >= 11 is 5.92. The van der Waals surface area contributed by atoms with Gasteiger partial charge in [-0.15, -0.1) is 0 Å². The van der Waals surface area contributed by atoms with Gasteiger partial charge in [0.2, 0.25) is 5.28 Å². The van der Waals surface area contributed by atoms with Crippen LogP contribution in [-0.4, -0.2) is 34.1 Å². The second-order valence-electron chi connectivity index (χ2n) is 5.43. The molecule has 0 aliphatic carbocycles. The molecule has 2 aliphatic heterocycles. The molecule has 0 saturated heterocycles. The monoisotopic (exact) mass is 369 g/mol. The SMILES string of the molecule is O=[S@@]1CCc2nc(Cl)nc(Nc3ccc4c(c3)S(=O)(=O)CC4)c21. The summed E-state index contributed by atoms with van der Waals surface area (Å²) in [6.07, 6.45) is 1.13. The maximum Gasteiger partial charge on any atom is 0.224 e. The molecule has 0 fully saturated rings. The van der Waals surface area contributed by atoms with Crippen LogP contribution in [0.15, 0.2) is 28.0 Å². The third-order valence-electron chi connectivity index (χ3n) is 3.97. The second kappa shape index (κ2) is 5.25. The van der Waals surface area contributed by atoms with Crippen LogP contribution in [0.2, 0.25) is 5.28 Å². The lowest BCUT2D eigenvalue weighted by atomic mass is 10.1. The summed E-state index contributed by atoms with van der Waals surface area (Å²) in [6.45, 7) is 0. The summed E-state index contributed by atoms with van der Waals surface area (Å²) in [4.78, 5) is 9.13. The van der Waals surface area contributed by atoms with Crippen LogP contribution in [0.5, 0.6) is 0 Å². The van der Waals surface area contributed by atoms with E-state index in [-0.39, 0.29) is 11.0 Å². The molecule has 2 aliphatic rings. The van der Waals surface area contributed by atoms with Crippen LogP contribution in [-0.2, 0) is 33.5 Å². The first kappa shape index (κ1) is 15.0. The maximum atomic E-state index is 12.1. The maximum absolute atomic E-state index is 12.1. The van der Waals surface area contributed by atoms with Gasteiger partial charge in [-0.2, -0.15) is 4.98 Å². The second-order valence-corrected chi connectivity index (χ2v) is 9.36. The molecule has 1 aromatic carbocycles. The molecule has 4 rings (SSSR count). The van der Waals surface area contributed by atoms with Gasteiger partial charge in [0.15, 0.2) is 15.7 Å². The smallest absolute Gasteiger partial charge is 0.224 e. The van der Waals surface area contributed by atoms with E-state index < -0.39 is 20.6 Å². The first-order valence-electron chi connectivity index (χ1n) is 7.01. The van der Waals surface area contributed by atoms with Crippen molar-refractivity contribution in [3.63, 3.8) is 0 Å². The number of rotatable bonds is 2. The molecule has 0 saturated carbocycles. The normalized spacial score (nSPS) is 21.0. The highest BCUT2D eigenvalue weighted by Gasteiger charge is 2.28. The lowest BCUT2D eigenvalue weighted by molar-refractivity contribution is 0.600. The predicted octanol–water partition coefficient (Wildman–Crippen LogP) is 1.87. The van der Waals surface area contributed by atoms with Crippen LogP contribution in [0.4, 0.5) is 11.5 Å². The summed E-state index contributed by atoms with van der Waals surface area (Å²) in [5.74, 6) is 1.02. The number of fused-ring (bicyclic) bond motifs is 2. The summed E-state index contributed by atoms with van der Waals surface area (Å²) in [7, 11) is -4.38. The van der Waals surface area contributed by atoms with Crippen molar-refractivity contribution in [1.82, 2.24) is 9.97 Å². The Kier molecular flexibility index (Phi) is 3.44. The third-order valence-corrected chi connectivity index (χ3v) is 7.39. The number of hydrogen-bond acceptors (Lipinski definition) is 6. The minimum absolute atomic E-state index is 0.0823. The van der Waals surface area contributed by atoms with Crippen LogP contribution in [0.3, 0.4) is 0 Å². The van der Waals surface area contributed by atoms with Gasteiger partial charge in [-0.3, -0.25) is 4.21 Å². The number of benzene rings is 1. The van der Waals surface area contributed by atoms with Crippen LogP contribution < -0.4 is 5.32 Å². The summed E-state index contributed by atoms with van der Waals surface area (Å²) in [5, 5.41) is 3.13. The number of aryl methyl sites for hydroxylation is 2. The van der Waals surface area contributed by atoms with Gasteiger partial charge in [0.05, 0.1) is 27.1 Å². The Balaban J connectivity index is 1.77. The molecule has 1 atom stereocenters. The number of nitrogens with zero attached hydrogens (tertiary/aromatic N) is 2. The minimum Gasteiger partial charge on any atom is -0.339 e. The molecule has 2 aromatic rings. The van der Waals surface area contributed by atoms with Crippen LogP contribution >= 0.6 is 11.6 Å². The van der Waals surface area contributed by atoms with E-state index in [9.17, 15) is 12.6 Å². The molecule has 0 spiro atoms. The zero-order valence-corrected chi connectivity index (χ0v) is 14.3. The Bertz CT molecular complexity index is 960. The van der Waals surface area contributed by atoms with E-state index >= 15 is 0 Å². The highest BCUT2D eigenvalue weighted by Crippen LogP contribution is 2.33. The van der Waals surface area contributed by atoms with E-state index in [4.69, 9.17) is 11.6 Å². The first-order valence-corrected chi connectivity index (χ1v) is 10.4. The van der Waals surface area contributed by atoms with Crippen molar-refractivity contribution in [1.29, 1.82) is 0 Å². The molecule has 1 N–H and O–H groups in total. The van der Waals surface area contributed by atoms with Crippen LogP contribution in [0, 0.1) is 0 Å². The fourth-order valence-corrected chi connectivity index (χ4v) is 5.95. The van der Waals surface area contributed by atoms with E-state index in [0.29, 0.717) is 45.6 Å². The molecule has 1 aromatic heterocycles. The van der Waals surface area contributed by atoms with Gasteiger partial charge in [0, 0.05) is 17.9 Å². The molecular formula is C14H12ClN3O3S2. The van der Waals surface area contributed by atoms with E-state index in [1.165, 1.54) is 0 Å². The summed E-state index contributed by atoms with van der Waals surface area (Å²) in [6, 6.07) is 5.18. The Hall–Kier alpha value is -1.51. The fourth-order valence-electron chi connectivity index (χ4n) is 2.87. The Morgan fingerprint density at radius 1 is 1.22 bits per heavy atom. The molecule has 6 nitrogen and oxygen atoms in total. The van der Waals surface area contributed by atoms with Crippen molar-refractivity contribution in [2.45, 2.75) is 22.6 Å². The van der Waals surface area contributed by atoms with Crippen LogP contribution in [0.25, 0.3) is 0 Å². The molecule has 23 heavy (non-hydrogen) atoms. The predicted molar refractivity (Wildman–Crippen MR) is 87.5 cm³/mol. The lowest BCUT2D eigenvalue weighted by Crippen LogP contribution is -2.04. The number of anilines is 2. The first-order chi connectivity index (χ1) is 10.9. The summed E-state index contributed by atoms with van der Waals surface area (Å²) < 4.78 is 36.2. The summed E-state index contributed by atoms with van der Waals surface area (Å²) in [5.41, 5.74) is 2.08. The zero-order chi connectivity index (χ0) is 16.2. The van der Waals surface area contributed by atoms with Gasteiger partial charge in [0.1, 0.15) is 4.90 Å². The highest BCUT2D eigenvalue weighted by atomic mass is 35.5. The molecule has 9 heteroatoms. The number of nitrogens with one attached hydrogen (secondary N) is 1. The number of hydrogen-bond donors (Lipinski definition) is 1. The molecule has 120 valence electrons. The fraction of sp³-hybridized carbons (Fsp3) is 0.286. The molecule has 3 heterocycles. The Labute approximate surface area is 140 Å². The number of aromatic nitrogens is 2. The average Bonchev–Trinajstić information content (AvgIpc) is 3.00. The Morgan fingerprint density at radius 2 is 2.04 bits per heavy atom. The number of halogens is 1. The van der Waals surface area contributed by atoms with Crippen molar-refractivity contribution in [3.05, 3.63) is 34.7 Å². The standard InChI is InChI=1S/C14H12ClN3O3S2/c15-14-17-10-3-5-22(19)12(10)13(18-14)16-9-2-1-8-4-6-23(20,21)11(8)7-9/h1-2,7H,3-6H2,(H,16,17,18)/t22-/m1/s1. The van der Waals surface area contributed by atoms with Gasteiger partial charge < -0.3 is 5.32 Å². The molecule has 0 bridgehead atoms. The van der Waals surface area contributed by atoms with Crippen molar-refractivity contribution >= 4 is 43.7 Å². The van der Waals surface area contributed by atoms with Gasteiger partial charge in [-0.05, 0) is 35.7 Å². The van der Waals surface area contributed by atoms with Crippen molar-refractivity contribution in [2.75, 3.05) is 16.8 Å². The van der Waals surface area contributed by atoms with Crippen molar-refractivity contribution < 1.29 is 12.6 Å². The zero-order valence-electron chi connectivity index (χ0n) is 11.9. The van der Waals surface area contributed by atoms with Crippen molar-refractivity contribution in [3.8, 4) is 0 Å². The van der Waals surface area contributed by atoms with Gasteiger partial charge in [0.25, 0.3) is 0 Å². The van der Waals surface area contributed by atoms with E-state index in [1.807, 2.05) is 0 Å². The Morgan fingerprint density at radius 3 is 2.87 bits per heavy atom. The van der Waals surface area contributed by atoms with E-state index in [0.717, 1.165) is 5.56 Å². The third kappa shape index (κ3) is 2.54. The van der Waals surface area contributed by atoms with E-state index in [2.05, 4.69) is 15.3 Å². The molecular weight excluding hydrogens is 358 g/mol. The molecule has 0 radical (unpaired) electrons. The lowest BCUT2D eigenvalue weighted by Gasteiger charge is -2.11.